The Morgan fingerprint density at radius 3 is 2.66 bits per heavy atom. The molecule has 1 aliphatic heterocycles. The van der Waals surface area contributed by atoms with Crippen molar-refractivity contribution in [1.82, 2.24) is 20.4 Å². The highest BCUT2D eigenvalue weighted by molar-refractivity contribution is 6.30. The Balaban J connectivity index is 1.30. The Morgan fingerprint density at radius 2 is 1.93 bits per heavy atom. The summed E-state index contributed by atoms with van der Waals surface area (Å²) in [6, 6.07) is 7.28. The van der Waals surface area contributed by atoms with Crippen molar-refractivity contribution >= 4 is 17.5 Å². The zero-order valence-electron chi connectivity index (χ0n) is 17.1. The monoisotopic (exact) mass is 420 g/mol. The molecule has 0 bridgehead atoms. The van der Waals surface area contributed by atoms with Crippen LogP contribution in [0.3, 0.4) is 0 Å². The lowest BCUT2D eigenvalue weighted by molar-refractivity contribution is -0.121. The fourth-order valence-corrected chi connectivity index (χ4v) is 3.68. The zero-order chi connectivity index (χ0) is 20.6. The van der Waals surface area contributed by atoms with E-state index >= 15 is 0 Å². The van der Waals surface area contributed by atoms with Gasteiger partial charge in [0.2, 0.25) is 17.6 Å². The van der Waals surface area contributed by atoms with E-state index in [-0.39, 0.29) is 18.1 Å². The summed E-state index contributed by atoms with van der Waals surface area (Å²) < 4.78 is 11.0. The third-order valence-electron chi connectivity index (χ3n) is 4.83. The topological polar surface area (TPSA) is 80.5 Å². The number of benzene rings is 1. The first kappa shape index (κ1) is 21.7. The number of aryl methyl sites for hydroxylation is 1. The standard InChI is InChI=1S/C21H29ClN4O3/c1-15-13-26(14-16(2)28-15)12-4-11-23-19(27)5-3-6-20-24-21(25-29-20)17-7-9-18(22)10-8-17/h7-10,15-16H,3-6,11-14H2,1-2H3,(H,23,27). The minimum absolute atomic E-state index is 0.0613. The van der Waals surface area contributed by atoms with Crippen molar-refractivity contribution in [2.45, 2.75) is 51.7 Å². The molecule has 2 heterocycles. The van der Waals surface area contributed by atoms with Crippen molar-refractivity contribution in [2.24, 2.45) is 0 Å². The van der Waals surface area contributed by atoms with Crippen LogP contribution in [0.25, 0.3) is 11.4 Å². The molecule has 1 N–H and O–H groups in total. The van der Waals surface area contributed by atoms with Crippen LogP contribution in [0.15, 0.2) is 28.8 Å². The molecule has 3 rings (SSSR count). The Kier molecular flexibility index (Phi) is 8.03. The van der Waals surface area contributed by atoms with Gasteiger partial charge in [0, 0.05) is 49.6 Å². The second-order valence-corrected chi connectivity index (χ2v) is 8.03. The quantitative estimate of drug-likeness (QED) is 0.627. The van der Waals surface area contributed by atoms with E-state index in [1.165, 1.54) is 0 Å². The highest BCUT2D eigenvalue weighted by atomic mass is 35.5. The van der Waals surface area contributed by atoms with Gasteiger partial charge in [-0.3, -0.25) is 9.69 Å². The van der Waals surface area contributed by atoms with Gasteiger partial charge in [0.1, 0.15) is 0 Å². The minimum Gasteiger partial charge on any atom is -0.373 e. The first-order valence-electron chi connectivity index (χ1n) is 10.2. The maximum absolute atomic E-state index is 12.0. The average Bonchev–Trinajstić information content (AvgIpc) is 3.14. The molecule has 1 aromatic carbocycles. The number of rotatable bonds is 9. The molecule has 0 spiro atoms. The summed E-state index contributed by atoms with van der Waals surface area (Å²) in [7, 11) is 0. The predicted octanol–water partition coefficient (Wildman–Crippen LogP) is 3.33. The average molecular weight is 421 g/mol. The smallest absolute Gasteiger partial charge is 0.226 e. The Hall–Kier alpha value is -1.96. The molecule has 158 valence electrons. The van der Waals surface area contributed by atoms with Gasteiger partial charge in [-0.1, -0.05) is 16.8 Å². The highest BCUT2D eigenvalue weighted by Crippen LogP contribution is 2.19. The number of hydrogen-bond donors (Lipinski definition) is 1. The van der Waals surface area contributed by atoms with E-state index < -0.39 is 0 Å². The lowest BCUT2D eigenvalue weighted by atomic mass is 10.2. The number of carbonyl (C=O) groups excluding carboxylic acids is 1. The largest absolute Gasteiger partial charge is 0.373 e. The van der Waals surface area contributed by atoms with E-state index in [4.69, 9.17) is 20.9 Å². The number of ether oxygens (including phenoxy) is 1. The van der Waals surface area contributed by atoms with Crippen molar-refractivity contribution in [3.8, 4) is 11.4 Å². The number of amides is 1. The number of carbonyl (C=O) groups is 1. The molecule has 2 atom stereocenters. The molecule has 2 aromatic rings. The number of hydrogen-bond acceptors (Lipinski definition) is 6. The van der Waals surface area contributed by atoms with Crippen LogP contribution in [-0.2, 0) is 16.0 Å². The summed E-state index contributed by atoms with van der Waals surface area (Å²) in [4.78, 5) is 18.8. The van der Waals surface area contributed by atoms with Gasteiger partial charge < -0.3 is 14.6 Å². The molecular formula is C21H29ClN4O3. The van der Waals surface area contributed by atoms with E-state index in [0.29, 0.717) is 42.5 Å². The lowest BCUT2D eigenvalue weighted by Crippen LogP contribution is -2.46. The van der Waals surface area contributed by atoms with Crippen LogP contribution in [0.4, 0.5) is 0 Å². The minimum atomic E-state index is 0.0613. The second kappa shape index (κ2) is 10.7. The Labute approximate surface area is 176 Å². The Morgan fingerprint density at radius 1 is 1.21 bits per heavy atom. The van der Waals surface area contributed by atoms with Crippen LogP contribution in [0.2, 0.25) is 5.02 Å². The molecule has 0 saturated carbocycles. The number of halogens is 1. The summed E-state index contributed by atoms with van der Waals surface area (Å²) in [5.74, 6) is 1.14. The molecule has 29 heavy (non-hydrogen) atoms. The maximum atomic E-state index is 12.0. The van der Waals surface area contributed by atoms with Crippen molar-refractivity contribution < 1.29 is 14.1 Å². The summed E-state index contributed by atoms with van der Waals surface area (Å²) in [5.41, 5.74) is 0.853. The molecule has 1 aliphatic rings. The van der Waals surface area contributed by atoms with Crippen LogP contribution < -0.4 is 5.32 Å². The molecule has 1 aromatic heterocycles. The fourth-order valence-electron chi connectivity index (χ4n) is 3.56. The first-order chi connectivity index (χ1) is 14.0. The third kappa shape index (κ3) is 7.10. The van der Waals surface area contributed by atoms with Crippen LogP contribution in [0, 0.1) is 0 Å². The second-order valence-electron chi connectivity index (χ2n) is 7.59. The normalized spacial score (nSPS) is 20.0. The molecule has 1 amide bonds. The van der Waals surface area contributed by atoms with Crippen molar-refractivity contribution in [2.75, 3.05) is 26.2 Å². The summed E-state index contributed by atoms with van der Waals surface area (Å²) in [6.45, 7) is 7.80. The summed E-state index contributed by atoms with van der Waals surface area (Å²) >= 11 is 5.89. The highest BCUT2D eigenvalue weighted by Gasteiger charge is 2.21. The van der Waals surface area contributed by atoms with Crippen LogP contribution in [0.1, 0.15) is 39.0 Å². The van der Waals surface area contributed by atoms with Gasteiger partial charge in [0.15, 0.2) is 0 Å². The van der Waals surface area contributed by atoms with Crippen molar-refractivity contribution in [1.29, 1.82) is 0 Å². The van der Waals surface area contributed by atoms with Gasteiger partial charge in [0.25, 0.3) is 0 Å². The molecule has 0 radical (unpaired) electrons. The number of nitrogens with one attached hydrogen (secondary N) is 1. The molecular weight excluding hydrogens is 392 g/mol. The number of aromatic nitrogens is 2. The van der Waals surface area contributed by atoms with E-state index in [2.05, 4.69) is 34.2 Å². The third-order valence-corrected chi connectivity index (χ3v) is 5.09. The first-order valence-corrected chi connectivity index (χ1v) is 10.6. The number of morpholine rings is 1. The molecule has 1 saturated heterocycles. The molecule has 1 fully saturated rings. The van der Waals surface area contributed by atoms with Crippen LogP contribution >= 0.6 is 11.6 Å². The number of nitrogens with zero attached hydrogens (tertiary/aromatic N) is 3. The fraction of sp³-hybridized carbons (Fsp3) is 0.571. The molecule has 2 unspecified atom stereocenters. The molecule has 8 heteroatoms. The van der Waals surface area contributed by atoms with Gasteiger partial charge in [-0.25, -0.2) is 0 Å². The van der Waals surface area contributed by atoms with Crippen molar-refractivity contribution in [3.05, 3.63) is 35.2 Å². The van der Waals surface area contributed by atoms with Gasteiger partial charge >= 0.3 is 0 Å². The van der Waals surface area contributed by atoms with Crippen molar-refractivity contribution in [3.63, 3.8) is 0 Å². The Bertz CT molecular complexity index is 770. The van der Waals surface area contributed by atoms with Crippen LogP contribution in [-0.4, -0.2) is 59.3 Å². The van der Waals surface area contributed by atoms with E-state index in [9.17, 15) is 4.79 Å². The van der Waals surface area contributed by atoms with E-state index in [1.54, 1.807) is 12.1 Å². The van der Waals surface area contributed by atoms with Crippen LogP contribution in [0.5, 0.6) is 0 Å². The summed E-state index contributed by atoms with van der Waals surface area (Å²) in [6.07, 6.45) is 3.20. The predicted molar refractivity (Wildman–Crippen MR) is 112 cm³/mol. The van der Waals surface area contributed by atoms with Gasteiger partial charge in [-0.2, -0.15) is 4.98 Å². The van der Waals surface area contributed by atoms with E-state index in [0.717, 1.165) is 31.6 Å². The zero-order valence-corrected chi connectivity index (χ0v) is 17.8. The SMILES string of the molecule is CC1CN(CCCNC(=O)CCCc2nc(-c3ccc(Cl)cc3)no2)CC(C)O1. The molecule has 0 aliphatic carbocycles. The maximum Gasteiger partial charge on any atom is 0.226 e. The lowest BCUT2D eigenvalue weighted by Gasteiger charge is -2.35. The van der Waals surface area contributed by atoms with Gasteiger partial charge in [-0.05, 0) is 51.0 Å². The van der Waals surface area contributed by atoms with Gasteiger partial charge in [-0.15, -0.1) is 0 Å². The van der Waals surface area contributed by atoms with Gasteiger partial charge in [0.05, 0.1) is 12.2 Å². The molecule has 7 nitrogen and oxygen atoms in total. The summed E-state index contributed by atoms with van der Waals surface area (Å²) in [5, 5.41) is 7.64. The van der Waals surface area contributed by atoms with E-state index in [1.807, 2.05) is 12.1 Å².